The highest BCUT2D eigenvalue weighted by atomic mass is 14.6. The van der Waals surface area contributed by atoms with Crippen LogP contribution >= 0.6 is 0 Å². The van der Waals surface area contributed by atoms with Gasteiger partial charge in [-0.25, -0.2) is 0 Å². The van der Waals surface area contributed by atoms with Crippen molar-refractivity contribution in [1.29, 1.82) is 0 Å². The maximum atomic E-state index is 2.52. The van der Waals surface area contributed by atoms with Crippen molar-refractivity contribution in [3.05, 3.63) is 0 Å². The smallest absolute Gasteiger partial charge is 0.0323 e. The van der Waals surface area contributed by atoms with E-state index in [1.54, 1.807) is 64.2 Å². The van der Waals surface area contributed by atoms with Gasteiger partial charge in [0.2, 0.25) is 0 Å². The van der Waals surface area contributed by atoms with Crippen LogP contribution in [0, 0.1) is 70.0 Å². The minimum Gasteiger partial charge on any atom is -0.0776 e. The Balaban J connectivity index is 0.000000122. The van der Waals surface area contributed by atoms with Gasteiger partial charge in [0.1, 0.15) is 0 Å². The summed E-state index contributed by atoms with van der Waals surface area (Å²) >= 11 is 0. The lowest BCUT2D eigenvalue weighted by Crippen LogP contribution is -2.26. The van der Waals surface area contributed by atoms with Gasteiger partial charge in [0.05, 0.1) is 0 Å². The largest absolute Gasteiger partial charge is 0.0776 e. The van der Waals surface area contributed by atoms with Gasteiger partial charge in [-0.05, 0) is 141 Å². The molecule has 0 aliphatic heterocycles. The van der Waals surface area contributed by atoms with Gasteiger partial charge in [0.25, 0.3) is 0 Å². The zero-order chi connectivity index (χ0) is 19.3. The van der Waals surface area contributed by atoms with Crippen molar-refractivity contribution in [2.75, 3.05) is 0 Å². The first-order valence-corrected chi connectivity index (χ1v) is 13.3. The molecule has 7 aliphatic carbocycles. The highest BCUT2D eigenvalue weighted by Gasteiger charge is 2.60. The maximum Gasteiger partial charge on any atom is -0.0323 e. The van der Waals surface area contributed by atoms with E-state index < -0.39 is 0 Å². The van der Waals surface area contributed by atoms with Crippen LogP contribution in [0.15, 0.2) is 0 Å². The highest BCUT2D eigenvalue weighted by Crippen LogP contribution is 2.68. The molecule has 0 amide bonds. The van der Waals surface area contributed by atoms with Crippen molar-refractivity contribution < 1.29 is 0 Å². The molecule has 0 spiro atoms. The third-order valence-electron chi connectivity index (χ3n) is 11.4. The van der Waals surface area contributed by atoms with Gasteiger partial charge in [-0.15, -0.1) is 0 Å². The minimum atomic E-state index is 0. The normalized spacial score (nSPS) is 54.2. The molecule has 7 rings (SSSR count). The van der Waals surface area contributed by atoms with Gasteiger partial charge in [-0.3, -0.25) is 0 Å². The Morgan fingerprint density at radius 2 is 0.862 bits per heavy atom. The van der Waals surface area contributed by atoms with Gasteiger partial charge in [0, 0.05) is 0 Å². The van der Waals surface area contributed by atoms with Gasteiger partial charge in [-0.1, -0.05) is 41.5 Å². The number of rotatable bonds is 0. The Morgan fingerprint density at radius 3 is 1.34 bits per heavy atom. The second-order valence-electron chi connectivity index (χ2n) is 14.4. The summed E-state index contributed by atoms with van der Waals surface area (Å²) in [6.07, 6.45) is 18.9. The summed E-state index contributed by atoms with van der Waals surface area (Å²) in [4.78, 5) is 0. The molecular formula is C29H50. The van der Waals surface area contributed by atoms with Crippen LogP contribution in [0.1, 0.15) is 112 Å². The third-order valence-corrected chi connectivity index (χ3v) is 11.4. The van der Waals surface area contributed by atoms with E-state index in [9.17, 15) is 0 Å². The summed E-state index contributed by atoms with van der Waals surface area (Å²) in [5.41, 5.74) is 1.36. The average molecular weight is 399 g/mol. The van der Waals surface area contributed by atoms with Crippen LogP contribution in [0.5, 0.6) is 0 Å². The number of hydrogen-bond donors (Lipinski definition) is 0. The molecule has 0 heteroatoms. The fourth-order valence-corrected chi connectivity index (χ4v) is 11.3. The van der Waals surface area contributed by atoms with Crippen LogP contribution in [0.4, 0.5) is 0 Å². The molecule has 7 saturated carbocycles. The monoisotopic (exact) mass is 398 g/mol. The molecule has 0 radical (unpaired) electrons. The molecule has 0 aromatic carbocycles. The summed E-state index contributed by atoms with van der Waals surface area (Å²) in [6, 6.07) is 0. The molecule has 0 nitrogen and oxygen atoms in total. The van der Waals surface area contributed by atoms with E-state index in [4.69, 9.17) is 0 Å². The van der Waals surface area contributed by atoms with Crippen molar-refractivity contribution in [3.63, 3.8) is 0 Å². The van der Waals surface area contributed by atoms with Gasteiger partial charge >= 0.3 is 0 Å². The van der Waals surface area contributed by atoms with E-state index in [1.165, 1.54) is 36.5 Å². The van der Waals surface area contributed by atoms with Gasteiger partial charge in [-0.2, -0.15) is 0 Å². The zero-order valence-electron chi connectivity index (χ0n) is 19.3. The van der Waals surface area contributed by atoms with Crippen LogP contribution < -0.4 is 0 Å². The summed E-state index contributed by atoms with van der Waals surface area (Å²) in [5.74, 6) is 11.6. The van der Waals surface area contributed by atoms with Crippen molar-refractivity contribution in [2.24, 2.45) is 70.0 Å². The van der Waals surface area contributed by atoms with Crippen LogP contribution in [-0.4, -0.2) is 0 Å². The molecule has 0 heterocycles. The lowest BCUT2D eigenvalue weighted by atomic mass is 9.69. The molecule has 0 aromatic heterocycles. The van der Waals surface area contributed by atoms with Crippen molar-refractivity contribution in [2.45, 2.75) is 112 Å². The lowest BCUT2D eigenvalue weighted by Gasteiger charge is -2.36. The highest BCUT2D eigenvalue weighted by molar-refractivity contribution is 5.09. The average Bonchev–Trinajstić information content (AvgIpc) is 3.37. The second-order valence-corrected chi connectivity index (χ2v) is 14.4. The summed E-state index contributed by atoms with van der Waals surface area (Å²) in [7, 11) is 0. The predicted molar refractivity (Wildman–Crippen MR) is 125 cm³/mol. The standard InChI is InChI=1S/C15H24.C13H22.CH4/c1-15(2)7-11-6-12(8-15)14-10-4-3-9(5-10)13(11)14;1-13(2)7-9-6-10(8-13)12-5-3-4-11(9)12;/h9-14H,3-8H2,1-2H3;9-12H,3-8H2,1-2H3;1H4. The second kappa shape index (κ2) is 7.00. The van der Waals surface area contributed by atoms with Crippen molar-refractivity contribution >= 4 is 0 Å². The SMILES string of the molecule is C.CC1(C)CC2CC(C1)C1C3CCC(C3)C21.CC1(C)CC2CC(C1)C1CCCC21. The van der Waals surface area contributed by atoms with Crippen LogP contribution in [0.3, 0.4) is 0 Å². The quantitative estimate of drug-likeness (QED) is 0.358. The Labute approximate surface area is 182 Å². The first kappa shape index (κ1) is 20.9. The third kappa shape index (κ3) is 3.36. The van der Waals surface area contributed by atoms with Crippen LogP contribution in [0.2, 0.25) is 0 Å². The minimum absolute atomic E-state index is 0. The molecule has 29 heavy (non-hydrogen) atoms. The summed E-state index contributed by atoms with van der Waals surface area (Å²) < 4.78 is 0. The topological polar surface area (TPSA) is 0 Å². The molecule has 0 saturated heterocycles. The fraction of sp³-hybridized carbons (Fsp3) is 1.00. The van der Waals surface area contributed by atoms with Crippen molar-refractivity contribution in [1.82, 2.24) is 0 Å². The Kier molecular flexibility index (Phi) is 5.04. The Morgan fingerprint density at radius 1 is 0.483 bits per heavy atom. The van der Waals surface area contributed by atoms with Crippen molar-refractivity contribution in [3.8, 4) is 0 Å². The van der Waals surface area contributed by atoms with E-state index in [1.807, 2.05) is 0 Å². The van der Waals surface area contributed by atoms with E-state index in [0.29, 0.717) is 10.8 Å². The molecule has 7 fully saturated rings. The Hall–Kier alpha value is 0. The van der Waals surface area contributed by atoms with Gasteiger partial charge in [0.15, 0.2) is 0 Å². The first-order valence-electron chi connectivity index (χ1n) is 13.3. The molecule has 6 bridgehead atoms. The predicted octanol–water partition coefficient (Wildman–Crippen LogP) is 8.60. The number of hydrogen-bond acceptors (Lipinski definition) is 0. The van der Waals surface area contributed by atoms with Crippen LogP contribution in [-0.2, 0) is 0 Å². The summed E-state index contributed by atoms with van der Waals surface area (Å²) in [6.45, 7) is 10.0. The van der Waals surface area contributed by atoms with Crippen LogP contribution in [0.25, 0.3) is 0 Å². The zero-order valence-corrected chi connectivity index (χ0v) is 19.3. The summed E-state index contributed by atoms with van der Waals surface area (Å²) in [5, 5.41) is 0. The molecule has 7 aliphatic rings. The lowest BCUT2D eigenvalue weighted by molar-refractivity contribution is 0.145. The molecule has 166 valence electrons. The number of fused-ring (bicyclic) bond motifs is 14. The van der Waals surface area contributed by atoms with E-state index in [2.05, 4.69) is 27.7 Å². The van der Waals surface area contributed by atoms with Gasteiger partial charge < -0.3 is 0 Å². The molecule has 0 aromatic rings. The van der Waals surface area contributed by atoms with E-state index >= 15 is 0 Å². The maximum absolute atomic E-state index is 2.52. The first-order chi connectivity index (χ1) is 13.3. The molecule has 10 atom stereocenters. The van der Waals surface area contributed by atoms with E-state index in [-0.39, 0.29) is 7.43 Å². The molecule has 10 unspecified atom stereocenters. The fourth-order valence-electron chi connectivity index (χ4n) is 11.3. The van der Waals surface area contributed by atoms with E-state index in [0.717, 1.165) is 35.5 Å². The Bertz CT molecular complexity index is 568. The molecular weight excluding hydrogens is 348 g/mol. The molecule has 0 N–H and O–H groups in total.